The fraction of sp³-hybridized carbons (Fsp3) is 0.208. The van der Waals surface area contributed by atoms with Crippen LogP contribution in [0.15, 0.2) is 175 Å². The first kappa shape index (κ1) is 48.5. The van der Waals surface area contributed by atoms with Crippen molar-refractivity contribution in [1.82, 2.24) is 4.98 Å². The van der Waals surface area contributed by atoms with E-state index in [2.05, 4.69) is 5.16 Å². The third-order valence-corrected chi connectivity index (χ3v) is 11.7. The van der Waals surface area contributed by atoms with Crippen LogP contribution < -0.4 is 15.2 Å². The summed E-state index contributed by atoms with van der Waals surface area (Å²) in [4.78, 5) is 39.2. The molecule has 0 bridgehead atoms. The quantitative estimate of drug-likeness (QED) is 0.0139. The molecular formula is C53H51N3O11S. The number of rotatable bonds is 25. The van der Waals surface area contributed by atoms with Crippen molar-refractivity contribution >= 4 is 34.0 Å². The fourth-order valence-electron chi connectivity index (χ4n) is 7.42. The normalized spacial score (nSPS) is 12.1. The third-order valence-electron chi connectivity index (χ3n) is 10.7. The van der Waals surface area contributed by atoms with Gasteiger partial charge in [-0.15, -0.1) is 0 Å². The number of carboxylic acid groups (broad SMARTS) is 1. The minimum atomic E-state index is -1.68. The van der Waals surface area contributed by atoms with Crippen LogP contribution in [0.3, 0.4) is 0 Å². The molecule has 0 spiro atoms. The highest BCUT2D eigenvalue weighted by Crippen LogP contribution is 2.47. The van der Waals surface area contributed by atoms with E-state index < -0.39 is 35.3 Å². The molecule has 1 aromatic heterocycles. The van der Waals surface area contributed by atoms with Gasteiger partial charge in [-0.25, -0.2) is 14.6 Å². The van der Waals surface area contributed by atoms with Gasteiger partial charge in [-0.2, -0.15) is 0 Å². The van der Waals surface area contributed by atoms with Crippen LogP contribution in [0, 0.1) is 0 Å². The van der Waals surface area contributed by atoms with Crippen LogP contribution in [0.4, 0.5) is 5.00 Å². The second kappa shape index (κ2) is 24.4. The van der Waals surface area contributed by atoms with Crippen molar-refractivity contribution in [2.24, 2.45) is 5.16 Å². The summed E-state index contributed by atoms with van der Waals surface area (Å²) in [7, 11) is 3.11. The molecule has 6 aromatic carbocycles. The molecule has 350 valence electrons. The minimum Gasteiger partial charge on any atom is -0.476 e. The van der Waals surface area contributed by atoms with Crippen LogP contribution in [0.5, 0.6) is 11.5 Å². The number of carbonyl (C=O) groups excluding carboxylic acids is 1. The van der Waals surface area contributed by atoms with E-state index in [4.69, 9.17) is 48.7 Å². The Bertz CT molecular complexity index is 2550. The average molecular weight is 938 g/mol. The SMILES string of the molecule is COCCOCOc1ccc(C(O/N=C(/C(=O)O)c2nc(C(c3ccccc3)(c3ccccc3)c3ccccc3)sc2N)C(=O)OC(c2ccccc2)c2ccccc2)cc1OCOCCOC. The highest BCUT2D eigenvalue weighted by Gasteiger charge is 2.42. The number of nitrogen functional groups attached to an aromatic ring is 1. The van der Waals surface area contributed by atoms with Gasteiger partial charge < -0.3 is 48.8 Å². The van der Waals surface area contributed by atoms with Gasteiger partial charge in [-0.3, -0.25) is 0 Å². The molecule has 14 nitrogen and oxygen atoms in total. The van der Waals surface area contributed by atoms with Gasteiger partial charge in [-0.1, -0.05) is 174 Å². The van der Waals surface area contributed by atoms with E-state index in [1.54, 1.807) is 26.4 Å². The summed E-state index contributed by atoms with van der Waals surface area (Å²) in [5.41, 5.74) is 9.05. The predicted molar refractivity (Wildman–Crippen MR) is 257 cm³/mol. The van der Waals surface area contributed by atoms with Crippen LogP contribution in [-0.4, -0.2) is 82.0 Å². The number of carbonyl (C=O) groups is 2. The number of hydrogen-bond acceptors (Lipinski definition) is 14. The number of anilines is 1. The number of nitrogens with two attached hydrogens (primary N) is 1. The summed E-state index contributed by atoms with van der Waals surface area (Å²) in [6.45, 7) is 0.835. The van der Waals surface area contributed by atoms with Crippen molar-refractivity contribution in [2.75, 3.05) is 60.0 Å². The summed E-state index contributed by atoms with van der Waals surface area (Å²) >= 11 is 1.13. The lowest BCUT2D eigenvalue weighted by Crippen LogP contribution is -2.31. The van der Waals surface area contributed by atoms with Crippen LogP contribution in [0.25, 0.3) is 0 Å². The van der Waals surface area contributed by atoms with Gasteiger partial charge in [-0.05, 0) is 39.9 Å². The molecule has 3 N–H and O–H groups in total. The molecule has 1 heterocycles. The van der Waals surface area contributed by atoms with E-state index in [0.29, 0.717) is 29.3 Å². The summed E-state index contributed by atoms with van der Waals surface area (Å²) in [5.74, 6) is -2.02. The Balaban J connectivity index is 1.32. The first-order valence-electron chi connectivity index (χ1n) is 21.6. The number of methoxy groups -OCH3 is 2. The van der Waals surface area contributed by atoms with Gasteiger partial charge >= 0.3 is 11.9 Å². The van der Waals surface area contributed by atoms with E-state index >= 15 is 0 Å². The largest absolute Gasteiger partial charge is 0.476 e. The molecule has 0 radical (unpaired) electrons. The Morgan fingerprint density at radius 1 is 0.632 bits per heavy atom. The van der Waals surface area contributed by atoms with Gasteiger partial charge in [0.2, 0.25) is 11.8 Å². The van der Waals surface area contributed by atoms with Gasteiger partial charge in [0.15, 0.2) is 31.2 Å². The third kappa shape index (κ3) is 11.8. The van der Waals surface area contributed by atoms with Gasteiger partial charge in [0.25, 0.3) is 0 Å². The lowest BCUT2D eigenvalue weighted by atomic mass is 9.70. The molecule has 7 aromatic rings. The van der Waals surface area contributed by atoms with E-state index in [1.165, 1.54) is 6.07 Å². The molecule has 0 aliphatic rings. The van der Waals surface area contributed by atoms with Crippen molar-refractivity contribution in [3.8, 4) is 11.5 Å². The van der Waals surface area contributed by atoms with Crippen LogP contribution in [0.1, 0.15) is 56.3 Å². The zero-order valence-electron chi connectivity index (χ0n) is 37.5. The van der Waals surface area contributed by atoms with Crippen LogP contribution >= 0.6 is 11.3 Å². The second-order valence-corrected chi connectivity index (χ2v) is 16.0. The van der Waals surface area contributed by atoms with Crippen molar-refractivity contribution in [1.29, 1.82) is 0 Å². The van der Waals surface area contributed by atoms with E-state index in [-0.39, 0.29) is 54.6 Å². The van der Waals surface area contributed by atoms with Crippen molar-refractivity contribution < 1.29 is 52.7 Å². The molecule has 0 saturated carbocycles. The van der Waals surface area contributed by atoms with Crippen LogP contribution in [-0.2, 0) is 43.5 Å². The number of aliphatic carboxylic acids is 1. The molecule has 1 atom stereocenters. The summed E-state index contributed by atoms with van der Waals surface area (Å²) in [6.07, 6.45) is -2.58. The monoisotopic (exact) mass is 937 g/mol. The number of aromatic nitrogens is 1. The summed E-state index contributed by atoms with van der Waals surface area (Å²) < 4.78 is 39.5. The highest BCUT2D eigenvalue weighted by atomic mass is 32.1. The smallest absolute Gasteiger partial charge is 0.360 e. The standard InChI is InChI=1S/C53H51N3O11S/c1-60-30-32-62-35-64-43-29-28-39(34-44(43)65-36-63-33-31-61-2)48(51(59)66-47(37-18-8-3-9-19-37)38-20-10-4-11-21-38)67-56-46(50(57)58)45-49(54)68-52(55-45)53(40-22-12-5-13-23-40,41-24-14-6-15-25-41)42-26-16-7-17-27-42/h3-29,34,47-48H,30-33,35-36,54H2,1-2H3,(H,57,58)/b56-46+. The summed E-state index contributed by atoms with van der Waals surface area (Å²) in [5, 5.41) is 15.6. The maximum atomic E-state index is 14.7. The lowest BCUT2D eigenvalue weighted by molar-refractivity contribution is -0.162. The Kier molecular flexibility index (Phi) is 17.4. The zero-order chi connectivity index (χ0) is 47.6. The van der Waals surface area contributed by atoms with Gasteiger partial charge in [0.1, 0.15) is 15.7 Å². The zero-order valence-corrected chi connectivity index (χ0v) is 38.3. The van der Waals surface area contributed by atoms with E-state index in [9.17, 15) is 14.7 Å². The number of thiazole rings is 1. The number of ether oxygens (including phenoxy) is 7. The fourth-order valence-corrected chi connectivity index (χ4v) is 8.51. The summed E-state index contributed by atoms with van der Waals surface area (Å²) in [6, 6.07) is 52.3. The molecule has 0 aliphatic carbocycles. The molecule has 15 heteroatoms. The maximum absolute atomic E-state index is 14.7. The van der Waals surface area contributed by atoms with E-state index in [0.717, 1.165) is 28.0 Å². The highest BCUT2D eigenvalue weighted by molar-refractivity contribution is 7.16. The number of nitrogens with zero attached hydrogens (tertiary/aromatic N) is 2. The topological polar surface area (TPSA) is 179 Å². The Morgan fingerprint density at radius 2 is 1.10 bits per heavy atom. The molecule has 7 rings (SSSR count). The Labute approximate surface area is 398 Å². The Hall–Kier alpha value is -7.40. The average Bonchev–Trinajstić information content (AvgIpc) is 3.76. The molecular weight excluding hydrogens is 887 g/mol. The van der Waals surface area contributed by atoms with Crippen LogP contribution in [0.2, 0.25) is 0 Å². The molecule has 0 fully saturated rings. The molecule has 0 saturated heterocycles. The second-order valence-electron chi connectivity index (χ2n) is 15.0. The van der Waals surface area contributed by atoms with Gasteiger partial charge in [0.05, 0.1) is 31.8 Å². The number of benzene rings is 6. The number of oxime groups is 1. The minimum absolute atomic E-state index is 0.0580. The maximum Gasteiger partial charge on any atom is 0.360 e. The molecule has 68 heavy (non-hydrogen) atoms. The molecule has 0 aliphatic heterocycles. The molecule has 1 unspecified atom stereocenters. The first-order chi connectivity index (χ1) is 33.3. The van der Waals surface area contributed by atoms with Crippen molar-refractivity contribution in [2.45, 2.75) is 17.6 Å². The number of carboxylic acids is 1. The predicted octanol–water partition coefficient (Wildman–Crippen LogP) is 8.99. The molecule has 0 amide bonds. The number of hydrogen-bond donors (Lipinski definition) is 2. The van der Waals surface area contributed by atoms with Crippen molar-refractivity contribution in [3.63, 3.8) is 0 Å². The first-order valence-corrected chi connectivity index (χ1v) is 22.4. The van der Waals surface area contributed by atoms with Gasteiger partial charge in [0, 0.05) is 19.8 Å². The lowest BCUT2D eigenvalue weighted by Gasteiger charge is -2.34. The van der Waals surface area contributed by atoms with E-state index in [1.807, 2.05) is 152 Å². The number of esters is 1. The van der Waals surface area contributed by atoms with Crippen molar-refractivity contribution in [3.05, 3.63) is 214 Å². The Morgan fingerprint density at radius 3 is 1.57 bits per heavy atom.